The second-order valence-electron chi connectivity index (χ2n) is 6.78. The maximum atomic E-state index is 12.4. The van der Waals surface area contributed by atoms with Crippen molar-refractivity contribution in [2.24, 2.45) is 0 Å². The van der Waals surface area contributed by atoms with Crippen LogP contribution in [0.3, 0.4) is 0 Å². The molecule has 2 aromatic heterocycles. The third-order valence-electron chi connectivity index (χ3n) is 4.78. The van der Waals surface area contributed by atoms with E-state index in [4.69, 9.17) is 0 Å². The molecule has 0 aliphatic carbocycles. The van der Waals surface area contributed by atoms with E-state index in [-0.39, 0.29) is 11.9 Å². The zero-order valence-electron chi connectivity index (χ0n) is 15.7. The Hall–Kier alpha value is -3.60. The molecule has 0 radical (unpaired) electrons. The molecule has 140 valence electrons. The first-order valence-corrected chi connectivity index (χ1v) is 9.29. The Morgan fingerprint density at radius 2 is 1.57 bits per heavy atom. The topological polar surface area (TPSA) is 51.9 Å². The number of hydrogen-bond donors (Lipinski definition) is 1. The number of nitrogens with zero attached hydrogens (tertiary/aromatic N) is 3. The predicted molar refractivity (Wildman–Crippen MR) is 110 cm³/mol. The first kappa shape index (κ1) is 17.8. The minimum absolute atomic E-state index is 0.0138. The molecule has 0 saturated carbocycles. The lowest BCUT2D eigenvalue weighted by Gasteiger charge is -2.15. The summed E-state index contributed by atoms with van der Waals surface area (Å²) in [6.07, 6.45) is 9.79. The molecule has 2 aromatic carbocycles. The predicted octanol–water partition coefficient (Wildman–Crippen LogP) is 4.08. The summed E-state index contributed by atoms with van der Waals surface area (Å²) in [6, 6.07) is 20.1. The normalized spacial score (nSPS) is 11.9. The van der Waals surface area contributed by atoms with Gasteiger partial charge in [-0.05, 0) is 54.4 Å². The second-order valence-corrected chi connectivity index (χ2v) is 6.78. The van der Waals surface area contributed by atoms with Crippen molar-refractivity contribution >= 4 is 5.91 Å². The van der Waals surface area contributed by atoms with Gasteiger partial charge in [-0.3, -0.25) is 4.79 Å². The highest BCUT2D eigenvalue weighted by Crippen LogP contribution is 2.16. The lowest BCUT2D eigenvalue weighted by Crippen LogP contribution is -2.28. The summed E-state index contributed by atoms with van der Waals surface area (Å²) in [4.78, 5) is 16.5. The molecule has 5 nitrogen and oxygen atoms in total. The summed E-state index contributed by atoms with van der Waals surface area (Å²) in [5, 5.41) is 3.08. The number of amides is 1. The molecule has 4 aromatic rings. The Balaban J connectivity index is 1.35. The van der Waals surface area contributed by atoms with Crippen LogP contribution in [-0.4, -0.2) is 20.0 Å². The summed E-state index contributed by atoms with van der Waals surface area (Å²) in [5.41, 5.74) is 4.19. The van der Waals surface area contributed by atoms with Crippen LogP contribution in [0.2, 0.25) is 0 Å². The fourth-order valence-electron chi connectivity index (χ4n) is 3.20. The van der Waals surface area contributed by atoms with Crippen molar-refractivity contribution in [3.8, 4) is 11.4 Å². The van der Waals surface area contributed by atoms with Crippen molar-refractivity contribution in [1.29, 1.82) is 0 Å². The standard InChI is InChI=1S/C23H22N4O/c1-18(20-6-10-22(11-7-20)27-15-12-24-17-27)25-23(28)16-19-4-8-21(9-5-19)26-13-2-3-14-26/h2-15,17-18H,16H2,1H3,(H,25,28). The Morgan fingerprint density at radius 3 is 2.21 bits per heavy atom. The fraction of sp³-hybridized carbons (Fsp3) is 0.130. The van der Waals surface area contributed by atoms with Crippen LogP contribution in [0.15, 0.2) is 91.8 Å². The molecular formula is C23H22N4O. The number of benzene rings is 2. The molecule has 4 rings (SSSR count). The van der Waals surface area contributed by atoms with Crippen LogP contribution in [0.4, 0.5) is 0 Å². The molecule has 0 aliphatic heterocycles. The molecule has 1 amide bonds. The van der Waals surface area contributed by atoms with E-state index >= 15 is 0 Å². The van der Waals surface area contributed by atoms with E-state index in [1.165, 1.54) is 0 Å². The molecule has 0 spiro atoms. The fourth-order valence-corrected chi connectivity index (χ4v) is 3.20. The highest BCUT2D eigenvalue weighted by molar-refractivity contribution is 5.79. The Kier molecular flexibility index (Phi) is 5.06. The summed E-state index contributed by atoms with van der Waals surface area (Å²) >= 11 is 0. The molecule has 1 N–H and O–H groups in total. The molecule has 2 heterocycles. The minimum atomic E-state index is -0.0523. The van der Waals surface area contributed by atoms with Gasteiger partial charge in [-0.25, -0.2) is 4.98 Å². The summed E-state index contributed by atoms with van der Waals surface area (Å²) < 4.78 is 3.99. The van der Waals surface area contributed by atoms with Gasteiger partial charge < -0.3 is 14.5 Å². The number of hydrogen-bond acceptors (Lipinski definition) is 2. The lowest BCUT2D eigenvalue weighted by atomic mass is 10.1. The number of imidazole rings is 1. The maximum absolute atomic E-state index is 12.4. The van der Waals surface area contributed by atoms with Crippen molar-refractivity contribution < 1.29 is 4.79 Å². The van der Waals surface area contributed by atoms with Gasteiger partial charge in [0, 0.05) is 36.2 Å². The average Bonchev–Trinajstić information content (AvgIpc) is 3.43. The molecule has 1 unspecified atom stereocenters. The average molecular weight is 370 g/mol. The van der Waals surface area contributed by atoms with Gasteiger partial charge in [0.15, 0.2) is 0 Å². The highest BCUT2D eigenvalue weighted by Gasteiger charge is 2.10. The van der Waals surface area contributed by atoms with E-state index in [2.05, 4.69) is 10.3 Å². The number of nitrogens with one attached hydrogen (secondary N) is 1. The van der Waals surface area contributed by atoms with Crippen LogP contribution in [0.1, 0.15) is 24.1 Å². The lowest BCUT2D eigenvalue weighted by molar-refractivity contribution is -0.121. The summed E-state index contributed by atoms with van der Waals surface area (Å²) in [6.45, 7) is 2.00. The van der Waals surface area contributed by atoms with Crippen molar-refractivity contribution in [1.82, 2.24) is 19.4 Å². The molecule has 0 fully saturated rings. The van der Waals surface area contributed by atoms with Gasteiger partial charge in [-0.1, -0.05) is 24.3 Å². The zero-order valence-corrected chi connectivity index (χ0v) is 15.7. The van der Waals surface area contributed by atoms with Crippen LogP contribution in [-0.2, 0) is 11.2 Å². The smallest absolute Gasteiger partial charge is 0.224 e. The molecule has 28 heavy (non-hydrogen) atoms. The van der Waals surface area contributed by atoms with Gasteiger partial charge in [-0.2, -0.15) is 0 Å². The van der Waals surface area contributed by atoms with Gasteiger partial charge in [0.1, 0.15) is 0 Å². The Labute approximate surface area is 164 Å². The highest BCUT2D eigenvalue weighted by atomic mass is 16.1. The first-order chi connectivity index (χ1) is 13.7. The Morgan fingerprint density at radius 1 is 0.929 bits per heavy atom. The molecule has 0 aliphatic rings. The van der Waals surface area contributed by atoms with Crippen LogP contribution < -0.4 is 5.32 Å². The first-order valence-electron chi connectivity index (χ1n) is 9.29. The largest absolute Gasteiger partial charge is 0.349 e. The number of rotatable bonds is 6. The third-order valence-corrected chi connectivity index (χ3v) is 4.78. The molecular weight excluding hydrogens is 348 g/mol. The SMILES string of the molecule is CC(NC(=O)Cc1ccc(-n2cccc2)cc1)c1ccc(-n2ccnc2)cc1. The Bertz CT molecular complexity index is 1020. The molecule has 1 atom stereocenters. The van der Waals surface area contributed by atoms with Crippen LogP contribution in [0, 0.1) is 0 Å². The molecule has 5 heteroatoms. The maximum Gasteiger partial charge on any atom is 0.224 e. The monoisotopic (exact) mass is 370 g/mol. The number of carbonyl (C=O) groups excluding carboxylic acids is 1. The van der Waals surface area contributed by atoms with E-state index in [0.29, 0.717) is 6.42 Å². The van der Waals surface area contributed by atoms with Crippen molar-refractivity contribution in [2.75, 3.05) is 0 Å². The van der Waals surface area contributed by atoms with E-state index in [0.717, 1.165) is 22.5 Å². The zero-order chi connectivity index (χ0) is 19.3. The van der Waals surface area contributed by atoms with Gasteiger partial charge in [-0.15, -0.1) is 0 Å². The molecule has 0 bridgehead atoms. The second kappa shape index (κ2) is 7.96. The van der Waals surface area contributed by atoms with Crippen molar-refractivity contribution in [2.45, 2.75) is 19.4 Å². The van der Waals surface area contributed by atoms with E-state index in [9.17, 15) is 4.79 Å². The van der Waals surface area contributed by atoms with E-state index in [1.54, 1.807) is 12.5 Å². The minimum Gasteiger partial charge on any atom is -0.349 e. The van der Waals surface area contributed by atoms with Crippen LogP contribution in [0.25, 0.3) is 11.4 Å². The van der Waals surface area contributed by atoms with Gasteiger partial charge in [0.05, 0.1) is 18.8 Å². The van der Waals surface area contributed by atoms with E-state index in [1.807, 2.05) is 95.3 Å². The molecule has 0 saturated heterocycles. The van der Waals surface area contributed by atoms with Crippen molar-refractivity contribution in [3.63, 3.8) is 0 Å². The third kappa shape index (κ3) is 4.04. The summed E-state index contributed by atoms with van der Waals surface area (Å²) in [5.74, 6) is 0.0138. The van der Waals surface area contributed by atoms with E-state index < -0.39 is 0 Å². The van der Waals surface area contributed by atoms with Crippen molar-refractivity contribution in [3.05, 3.63) is 103 Å². The van der Waals surface area contributed by atoms with Gasteiger partial charge in [0.25, 0.3) is 0 Å². The van der Waals surface area contributed by atoms with Crippen LogP contribution in [0.5, 0.6) is 0 Å². The summed E-state index contributed by atoms with van der Waals surface area (Å²) in [7, 11) is 0. The van der Waals surface area contributed by atoms with Crippen LogP contribution >= 0.6 is 0 Å². The van der Waals surface area contributed by atoms with Gasteiger partial charge in [0.2, 0.25) is 5.91 Å². The quantitative estimate of drug-likeness (QED) is 0.556. The number of carbonyl (C=O) groups is 1. The van der Waals surface area contributed by atoms with Gasteiger partial charge >= 0.3 is 0 Å². The number of aromatic nitrogens is 3.